The molecule has 4 rings (SSSR count). The molecule has 0 radical (unpaired) electrons. The van der Waals surface area contributed by atoms with Crippen LogP contribution in [0.25, 0.3) is 16.9 Å². The average Bonchev–Trinajstić information content (AvgIpc) is 3.24. The minimum absolute atomic E-state index is 0.0118. The zero-order valence-electron chi connectivity index (χ0n) is 19.5. The molecule has 0 atom stereocenters. The Hall–Kier alpha value is -3.45. The summed E-state index contributed by atoms with van der Waals surface area (Å²) in [6.07, 6.45) is 1.82. The zero-order valence-corrected chi connectivity index (χ0v) is 19.5. The van der Waals surface area contributed by atoms with Gasteiger partial charge >= 0.3 is 0 Å². The molecule has 1 aliphatic rings. The summed E-state index contributed by atoms with van der Waals surface area (Å²) in [6.45, 7) is 8.75. The number of amides is 2. The standard InChI is InChI=1S/C26H31N5O2/c1-26(2,3)27-23(32)19-29-14-16-30(17-15-29)25(33)22-18-31(21-12-8-5-9-13-21)28-24(22)20-10-6-4-7-11-20/h4-13,18H,14-17,19H2,1-3H3,(H,27,32). The van der Waals surface area contributed by atoms with E-state index in [-0.39, 0.29) is 17.4 Å². The summed E-state index contributed by atoms with van der Waals surface area (Å²) in [5.41, 5.74) is 2.83. The molecule has 0 aliphatic carbocycles. The molecule has 1 saturated heterocycles. The molecule has 0 spiro atoms. The van der Waals surface area contributed by atoms with Gasteiger partial charge in [-0.2, -0.15) is 5.10 Å². The van der Waals surface area contributed by atoms with Crippen LogP contribution in [0.5, 0.6) is 0 Å². The molecule has 1 fully saturated rings. The van der Waals surface area contributed by atoms with Crippen molar-refractivity contribution < 1.29 is 9.59 Å². The number of carbonyl (C=O) groups is 2. The van der Waals surface area contributed by atoms with Gasteiger partial charge < -0.3 is 10.2 Å². The van der Waals surface area contributed by atoms with Crippen LogP contribution in [0.3, 0.4) is 0 Å². The number of carbonyl (C=O) groups excluding carboxylic acids is 2. The molecule has 0 unspecified atom stereocenters. The molecular formula is C26H31N5O2. The van der Waals surface area contributed by atoms with E-state index in [0.717, 1.165) is 11.3 Å². The Labute approximate surface area is 195 Å². The molecular weight excluding hydrogens is 414 g/mol. The third-order valence-corrected chi connectivity index (χ3v) is 5.55. The number of piperazine rings is 1. The molecule has 0 saturated carbocycles. The highest BCUT2D eigenvalue weighted by Crippen LogP contribution is 2.25. The van der Waals surface area contributed by atoms with Crippen molar-refractivity contribution in [3.8, 4) is 16.9 Å². The van der Waals surface area contributed by atoms with Crippen LogP contribution in [0.1, 0.15) is 31.1 Å². The first-order valence-corrected chi connectivity index (χ1v) is 11.3. The Morgan fingerprint density at radius 3 is 2.12 bits per heavy atom. The van der Waals surface area contributed by atoms with Gasteiger partial charge in [0.15, 0.2) is 0 Å². The second-order valence-corrected chi connectivity index (χ2v) is 9.40. The lowest BCUT2D eigenvalue weighted by Gasteiger charge is -2.34. The predicted molar refractivity (Wildman–Crippen MR) is 129 cm³/mol. The maximum Gasteiger partial charge on any atom is 0.257 e. The van der Waals surface area contributed by atoms with Gasteiger partial charge in [-0.1, -0.05) is 48.5 Å². The Balaban J connectivity index is 1.50. The van der Waals surface area contributed by atoms with E-state index in [1.54, 1.807) is 4.68 Å². The van der Waals surface area contributed by atoms with Gasteiger partial charge in [-0.15, -0.1) is 0 Å². The van der Waals surface area contributed by atoms with Crippen LogP contribution in [-0.2, 0) is 4.79 Å². The fraction of sp³-hybridized carbons (Fsp3) is 0.346. The maximum absolute atomic E-state index is 13.5. The lowest BCUT2D eigenvalue weighted by Crippen LogP contribution is -2.52. The summed E-state index contributed by atoms with van der Waals surface area (Å²) in [6, 6.07) is 19.6. The van der Waals surface area contributed by atoms with Gasteiger partial charge in [0.25, 0.3) is 5.91 Å². The van der Waals surface area contributed by atoms with Crippen LogP contribution < -0.4 is 5.32 Å². The molecule has 7 nitrogen and oxygen atoms in total. The number of hydrogen-bond acceptors (Lipinski definition) is 4. The quantitative estimate of drug-likeness (QED) is 0.655. The van der Waals surface area contributed by atoms with E-state index >= 15 is 0 Å². The van der Waals surface area contributed by atoms with Crippen molar-refractivity contribution in [3.05, 3.63) is 72.4 Å². The molecule has 2 amide bonds. The molecule has 0 bridgehead atoms. The van der Waals surface area contributed by atoms with Crippen molar-refractivity contribution in [2.75, 3.05) is 32.7 Å². The van der Waals surface area contributed by atoms with E-state index in [0.29, 0.717) is 44.0 Å². The fourth-order valence-corrected chi connectivity index (χ4v) is 3.99. The van der Waals surface area contributed by atoms with Crippen molar-refractivity contribution in [1.29, 1.82) is 0 Å². The predicted octanol–water partition coefficient (Wildman–Crippen LogP) is 3.21. The second kappa shape index (κ2) is 9.58. The highest BCUT2D eigenvalue weighted by molar-refractivity contribution is 6.00. The van der Waals surface area contributed by atoms with Crippen molar-refractivity contribution in [1.82, 2.24) is 24.9 Å². The highest BCUT2D eigenvalue weighted by atomic mass is 16.2. The van der Waals surface area contributed by atoms with Crippen LogP contribution in [0.15, 0.2) is 66.9 Å². The zero-order chi connectivity index (χ0) is 23.4. The van der Waals surface area contributed by atoms with Crippen LogP contribution in [0.2, 0.25) is 0 Å². The van der Waals surface area contributed by atoms with Gasteiger partial charge in [0.1, 0.15) is 5.69 Å². The van der Waals surface area contributed by atoms with Gasteiger partial charge in [-0.25, -0.2) is 4.68 Å². The van der Waals surface area contributed by atoms with Gasteiger partial charge in [0.2, 0.25) is 5.91 Å². The van der Waals surface area contributed by atoms with Crippen molar-refractivity contribution in [2.45, 2.75) is 26.3 Å². The number of nitrogens with one attached hydrogen (secondary N) is 1. The van der Waals surface area contributed by atoms with E-state index in [1.807, 2.05) is 92.5 Å². The lowest BCUT2D eigenvalue weighted by molar-refractivity contribution is -0.124. The highest BCUT2D eigenvalue weighted by Gasteiger charge is 2.27. The Bertz CT molecular complexity index is 1090. The Kier molecular flexibility index (Phi) is 6.60. The molecule has 1 aliphatic heterocycles. The average molecular weight is 446 g/mol. The van der Waals surface area contributed by atoms with Gasteiger partial charge in [0, 0.05) is 43.5 Å². The monoisotopic (exact) mass is 445 g/mol. The summed E-state index contributed by atoms with van der Waals surface area (Å²) < 4.78 is 1.77. The topological polar surface area (TPSA) is 70.5 Å². The van der Waals surface area contributed by atoms with Crippen LogP contribution >= 0.6 is 0 Å². The van der Waals surface area contributed by atoms with Gasteiger partial charge in [-0.05, 0) is 32.9 Å². The minimum atomic E-state index is -0.248. The first-order valence-electron chi connectivity index (χ1n) is 11.3. The van der Waals surface area contributed by atoms with E-state index in [9.17, 15) is 9.59 Å². The van der Waals surface area contributed by atoms with Gasteiger partial charge in [0.05, 0.1) is 17.8 Å². The maximum atomic E-state index is 13.5. The molecule has 7 heteroatoms. The molecule has 1 N–H and O–H groups in total. The smallest absolute Gasteiger partial charge is 0.257 e. The molecule has 33 heavy (non-hydrogen) atoms. The third-order valence-electron chi connectivity index (χ3n) is 5.55. The molecule has 172 valence electrons. The fourth-order valence-electron chi connectivity index (χ4n) is 3.99. The summed E-state index contributed by atoms with van der Waals surface area (Å²) in [7, 11) is 0. The van der Waals surface area contributed by atoms with Crippen LogP contribution in [0, 0.1) is 0 Å². The van der Waals surface area contributed by atoms with Crippen molar-refractivity contribution in [3.63, 3.8) is 0 Å². The Morgan fingerprint density at radius 2 is 1.52 bits per heavy atom. The summed E-state index contributed by atoms with van der Waals surface area (Å²) >= 11 is 0. The number of benzene rings is 2. The second-order valence-electron chi connectivity index (χ2n) is 9.40. The number of aromatic nitrogens is 2. The normalized spacial score (nSPS) is 14.8. The van der Waals surface area contributed by atoms with Crippen LogP contribution in [-0.4, -0.2) is 69.7 Å². The van der Waals surface area contributed by atoms with Crippen molar-refractivity contribution >= 4 is 11.8 Å². The lowest BCUT2D eigenvalue weighted by atomic mass is 10.1. The van der Waals surface area contributed by atoms with E-state index < -0.39 is 0 Å². The number of rotatable bonds is 5. The minimum Gasteiger partial charge on any atom is -0.350 e. The molecule has 2 aromatic carbocycles. The van der Waals surface area contributed by atoms with Crippen molar-refractivity contribution in [2.24, 2.45) is 0 Å². The summed E-state index contributed by atoms with van der Waals surface area (Å²) in [5, 5.41) is 7.76. The number of nitrogens with zero attached hydrogens (tertiary/aromatic N) is 4. The van der Waals surface area contributed by atoms with E-state index in [2.05, 4.69) is 10.2 Å². The third kappa shape index (κ3) is 5.68. The molecule has 2 heterocycles. The van der Waals surface area contributed by atoms with Crippen LogP contribution in [0.4, 0.5) is 0 Å². The van der Waals surface area contributed by atoms with E-state index in [4.69, 9.17) is 5.10 Å². The number of para-hydroxylation sites is 1. The first kappa shape index (κ1) is 22.7. The Morgan fingerprint density at radius 1 is 0.909 bits per heavy atom. The van der Waals surface area contributed by atoms with Gasteiger partial charge in [-0.3, -0.25) is 14.5 Å². The summed E-state index contributed by atoms with van der Waals surface area (Å²) in [5.74, 6) is -0.0207. The number of hydrogen-bond donors (Lipinski definition) is 1. The van der Waals surface area contributed by atoms with E-state index in [1.165, 1.54) is 0 Å². The molecule has 3 aromatic rings. The summed E-state index contributed by atoms with van der Waals surface area (Å²) in [4.78, 5) is 29.7. The first-order chi connectivity index (χ1) is 15.8. The molecule has 1 aromatic heterocycles. The SMILES string of the molecule is CC(C)(C)NC(=O)CN1CCN(C(=O)c2cn(-c3ccccc3)nc2-c2ccccc2)CC1. The largest absolute Gasteiger partial charge is 0.350 e.